The van der Waals surface area contributed by atoms with E-state index in [4.69, 9.17) is 23.8 Å². The van der Waals surface area contributed by atoms with Crippen molar-refractivity contribution < 1.29 is 9.90 Å². The van der Waals surface area contributed by atoms with Crippen LogP contribution in [0.5, 0.6) is 0 Å². The van der Waals surface area contributed by atoms with Crippen molar-refractivity contribution in [2.24, 2.45) is 13.0 Å². The minimum atomic E-state index is -0.928. The van der Waals surface area contributed by atoms with E-state index < -0.39 is 11.9 Å². The number of hydrogen-bond donors (Lipinski definition) is 1. The lowest BCUT2D eigenvalue weighted by atomic mass is 9.93. The highest BCUT2D eigenvalue weighted by molar-refractivity contribution is 9.10. The molecular weight excluding hydrogens is 342 g/mol. The Morgan fingerprint density at radius 1 is 1.61 bits per heavy atom. The minimum absolute atomic E-state index is 0.284. The maximum atomic E-state index is 11.3. The van der Waals surface area contributed by atoms with Gasteiger partial charge in [0.2, 0.25) is 0 Å². The molecule has 1 N–H and O–H groups in total. The Morgan fingerprint density at radius 3 is 2.67 bits per heavy atom. The zero-order valence-corrected chi connectivity index (χ0v) is 12.9. The Morgan fingerprint density at radius 2 is 2.22 bits per heavy atom. The molecule has 18 heavy (non-hydrogen) atoms. The van der Waals surface area contributed by atoms with Crippen molar-refractivity contribution >= 4 is 50.7 Å². The van der Waals surface area contributed by atoms with Crippen LogP contribution in [0.1, 0.15) is 11.6 Å². The third-order valence-corrected chi connectivity index (χ3v) is 5.09. The average Bonchev–Trinajstić information content (AvgIpc) is 2.72. The summed E-state index contributed by atoms with van der Waals surface area (Å²) in [5, 5.41) is 14.0. The molecule has 1 aliphatic rings. The number of carboxylic acids is 1. The normalized spacial score (nSPS) is 23.8. The largest absolute Gasteiger partial charge is 0.481 e. The smallest absolute Gasteiger partial charge is 0.314 e. The van der Waals surface area contributed by atoms with Gasteiger partial charge in [-0.05, 0) is 15.9 Å². The molecule has 2 rings (SSSR count). The summed E-state index contributed by atoms with van der Waals surface area (Å²) in [4.78, 5) is 13.6. The molecule has 5 nitrogen and oxygen atoms in total. The number of aryl methyl sites for hydroxylation is 1. The van der Waals surface area contributed by atoms with Crippen LogP contribution in [0.2, 0.25) is 5.15 Å². The zero-order valence-electron chi connectivity index (χ0n) is 9.72. The van der Waals surface area contributed by atoms with E-state index in [-0.39, 0.29) is 5.92 Å². The van der Waals surface area contributed by atoms with Gasteiger partial charge in [0.05, 0.1) is 15.2 Å². The predicted molar refractivity (Wildman–Crippen MR) is 75.0 cm³/mol. The highest BCUT2D eigenvalue weighted by Gasteiger charge is 2.44. The topological polar surface area (TPSA) is 58.4 Å². The number of aromatic nitrogens is 2. The maximum Gasteiger partial charge on any atom is 0.314 e. The van der Waals surface area contributed by atoms with Gasteiger partial charge in [0.1, 0.15) is 11.1 Å². The van der Waals surface area contributed by atoms with Gasteiger partial charge in [-0.2, -0.15) is 5.10 Å². The van der Waals surface area contributed by atoms with E-state index in [1.54, 1.807) is 19.0 Å². The molecule has 0 radical (unpaired) electrons. The first-order chi connectivity index (χ1) is 8.34. The molecule has 1 aromatic rings. The summed E-state index contributed by atoms with van der Waals surface area (Å²) < 4.78 is 2.15. The van der Waals surface area contributed by atoms with Crippen molar-refractivity contribution in [2.75, 3.05) is 13.6 Å². The van der Waals surface area contributed by atoms with Crippen LogP contribution in [-0.2, 0) is 11.8 Å². The summed E-state index contributed by atoms with van der Waals surface area (Å²) in [7, 11) is 3.50. The Hall–Kier alpha value is -0.660. The lowest BCUT2D eigenvalue weighted by Crippen LogP contribution is -2.26. The fourth-order valence-corrected chi connectivity index (χ4v) is 3.26. The van der Waals surface area contributed by atoms with Crippen LogP contribution in [0.3, 0.4) is 0 Å². The van der Waals surface area contributed by atoms with Gasteiger partial charge < -0.3 is 10.0 Å². The number of hydrogen-bond acceptors (Lipinski definition) is 3. The molecule has 0 amide bonds. The van der Waals surface area contributed by atoms with Gasteiger partial charge in [0.15, 0.2) is 0 Å². The molecule has 2 atom stereocenters. The van der Waals surface area contributed by atoms with E-state index in [0.717, 1.165) is 0 Å². The van der Waals surface area contributed by atoms with E-state index in [2.05, 4.69) is 21.0 Å². The molecule has 1 aliphatic heterocycles. The monoisotopic (exact) mass is 351 g/mol. The summed E-state index contributed by atoms with van der Waals surface area (Å²) in [6.07, 6.45) is 0. The molecule has 98 valence electrons. The number of halogens is 2. The standard InChI is InChI=1S/C10H11BrClN3O2S/c1-14-3-4(5(9(14)18)10(16)17)7-6(11)8(12)15(2)13-7/h4-5H,3H2,1-2H3,(H,16,17). The van der Waals surface area contributed by atoms with Gasteiger partial charge in [-0.1, -0.05) is 23.8 Å². The van der Waals surface area contributed by atoms with E-state index in [0.29, 0.717) is 26.9 Å². The number of thiocarbonyl (C=S) groups is 1. The van der Waals surface area contributed by atoms with E-state index in [1.807, 2.05) is 0 Å². The lowest BCUT2D eigenvalue weighted by molar-refractivity contribution is -0.139. The molecule has 0 bridgehead atoms. The average molecular weight is 353 g/mol. The minimum Gasteiger partial charge on any atom is -0.481 e. The van der Waals surface area contributed by atoms with Gasteiger partial charge in [0.25, 0.3) is 0 Å². The number of aliphatic carboxylic acids is 1. The Labute approximate surface area is 123 Å². The summed E-state index contributed by atoms with van der Waals surface area (Å²) in [6.45, 7) is 0.530. The van der Waals surface area contributed by atoms with Gasteiger partial charge in [-0.25, -0.2) is 0 Å². The number of rotatable bonds is 2. The van der Waals surface area contributed by atoms with Crippen molar-refractivity contribution in [1.29, 1.82) is 0 Å². The summed E-state index contributed by atoms with van der Waals surface area (Å²) >= 11 is 14.6. The van der Waals surface area contributed by atoms with E-state index >= 15 is 0 Å². The highest BCUT2D eigenvalue weighted by atomic mass is 79.9. The van der Waals surface area contributed by atoms with Gasteiger partial charge in [-0.3, -0.25) is 9.48 Å². The summed E-state index contributed by atoms with van der Waals surface area (Å²) in [5.74, 6) is -1.94. The molecule has 1 fully saturated rings. The molecule has 2 unspecified atom stereocenters. The molecule has 1 aromatic heterocycles. The summed E-state index contributed by atoms with van der Waals surface area (Å²) in [5.41, 5.74) is 0.640. The molecule has 8 heteroatoms. The molecule has 0 aromatic carbocycles. The van der Waals surface area contributed by atoms with Crippen LogP contribution in [0.15, 0.2) is 4.47 Å². The fourth-order valence-electron chi connectivity index (χ4n) is 2.16. The first-order valence-electron chi connectivity index (χ1n) is 5.20. The number of nitrogens with zero attached hydrogens (tertiary/aromatic N) is 3. The SMILES string of the molecule is CN1CC(c2nn(C)c(Cl)c2Br)C(C(=O)O)C1=S. The third-order valence-electron chi connectivity index (χ3n) is 3.08. The first kappa shape index (κ1) is 13.8. The second-order valence-electron chi connectivity index (χ2n) is 4.25. The van der Waals surface area contributed by atoms with Crippen LogP contribution in [-0.4, -0.2) is 44.3 Å². The zero-order chi connectivity index (χ0) is 13.6. The Balaban J connectivity index is 2.46. The van der Waals surface area contributed by atoms with Gasteiger partial charge >= 0.3 is 5.97 Å². The maximum absolute atomic E-state index is 11.3. The van der Waals surface area contributed by atoms with Crippen molar-refractivity contribution in [3.05, 3.63) is 15.3 Å². The van der Waals surface area contributed by atoms with Gasteiger partial charge in [-0.15, -0.1) is 0 Å². The van der Waals surface area contributed by atoms with Crippen LogP contribution in [0.4, 0.5) is 0 Å². The number of carboxylic acid groups (broad SMARTS) is 1. The van der Waals surface area contributed by atoms with Crippen LogP contribution in [0, 0.1) is 5.92 Å². The van der Waals surface area contributed by atoms with Crippen molar-refractivity contribution in [2.45, 2.75) is 5.92 Å². The van der Waals surface area contributed by atoms with E-state index in [1.165, 1.54) is 4.68 Å². The van der Waals surface area contributed by atoms with Crippen molar-refractivity contribution in [3.63, 3.8) is 0 Å². The highest BCUT2D eigenvalue weighted by Crippen LogP contribution is 2.39. The van der Waals surface area contributed by atoms with E-state index in [9.17, 15) is 9.90 Å². The molecule has 2 heterocycles. The molecule has 0 spiro atoms. The number of likely N-dealkylation sites (N-methyl/N-ethyl adjacent to an activating group) is 1. The quantitative estimate of drug-likeness (QED) is 0.824. The third kappa shape index (κ3) is 2.04. The Kier molecular flexibility index (Phi) is 3.66. The summed E-state index contributed by atoms with van der Waals surface area (Å²) in [6, 6.07) is 0. The molecular formula is C10H11BrClN3O2S. The second-order valence-corrected chi connectivity index (χ2v) is 5.82. The second kappa shape index (κ2) is 4.79. The van der Waals surface area contributed by atoms with Crippen molar-refractivity contribution in [1.82, 2.24) is 14.7 Å². The predicted octanol–water partition coefficient (Wildman–Crippen LogP) is 1.89. The number of carbonyl (C=O) groups is 1. The van der Waals surface area contributed by atoms with Crippen molar-refractivity contribution in [3.8, 4) is 0 Å². The van der Waals surface area contributed by atoms with Crippen LogP contribution < -0.4 is 0 Å². The van der Waals surface area contributed by atoms with Gasteiger partial charge in [0, 0.05) is 26.6 Å². The first-order valence-corrected chi connectivity index (χ1v) is 6.78. The number of likely N-dealkylation sites (tertiary alicyclic amines) is 1. The van der Waals surface area contributed by atoms with Crippen LogP contribution in [0.25, 0.3) is 0 Å². The molecule has 0 saturated carbocycles. The van der Waals surface area contributed by atoms with Crippen LogP contribution >= 0.6 is 39.7 Å². The fraction of sp³-hybridized carbons (Fsp3) is 0.500. The Bertz CT molecular complexity index is 533. The molecule has 1 saturated heterocycles. The molecule has 0 aliphatic carbocycles. The lowest BCUT2D eigenvalue weighted by Gasteiger charge is -2.11.